The van der Waals surface area contributed by atoms with Crippen LogP contribution in [0.2, 0.25) is 0 Å². The third kappa shape index (κ3) is 2.95. The van der Waals surface area contributed by atoms with E-state index in [2.05, 4.69) is 5.43 Å². The second kappa shape index (κ2) is 7.34. The lowest BCUT2D eigenvalue weighted by atomic mass is 9.70. The molecule has 6 heteroatoms. The second-order valence-corrected chi connectivity index (χ2v) is 11.0. The van der Waals surface area contributed by atoms with Gasteiger partial charge in [0, 0.05) is 24.5 Å². The predicted octanol–water partition coefficient (Wildman–Crippen LogP) is 3.94. The number of rotatable bonds is 4. The maximum Gasteiger partial charge on any atom is 0.275 e. The van der Waals surface area contributed by atoms with Crippen molar-refractivity contribution in [2.75, 3.05) is 13.1 Å². The topological polar surface area (TPSA) is 74.6 Å². The fourth-order valence-electron chi connectivity index (χ4n) is 7.99. The van der Waals surface area contributed by atoms with Gasteiger partial charge in [0.05, 0.1) is 5.52 Å². The molecule has 4 bridgehead atoms. The molecule has 1 saturated heterocycles. The number of carbonyl (C=O) groups excluding carboxylic acids is 1. The predicted molar refractivity (Wildman–Crippen MR) is 123 cm³/mol. The van der Waals surface area contributed by atoms with Crippen molar-refractivity contribution in [2.45, 2.75) is 52.0 Å². The van der Waals surface area contributed by atoms with Crippen molar-refractivity contribution in [2.24, 2.45) is 35.5 Å². The van der Waals surface area contributed by atoms with E-state index in [9.17, 15) is 14.7 Å². The number of hydrazine groups is 1. The van der Waals surface area contributed by atoms with Gasteiger partial charge in [0.2, 0.25) is 0 Å². The summed E-state index contributed by atoms with van der Waals surface area (Å²) in [6.07, 6.45) is 6.83. The van der Waals surface area contributed by atoms with E-state index in [0.29, 0.717) is 16.8 Å². The molecule has 2 aromatic rings. The minimum Gasteiger partial charge on any atom is -0.506 e. The zero-order valence-corrected chi connectivity index (χ0v) is 19.0. The molecule has 6 atom stereocenters. The van der Waals surface area contributed by atoms with Crippen molar-refractivity contribution in [1.82, 2.24) is 15.0 Å². The number of aromatic nitrogens is 1. The Morgan fingerprint density at radius 1 is 1.09 bits per heavy atom. The van der Waals surface area contributed by atoms with Gasteiger partial charge in [0.1, 0.15) is 11.3 Å². The quantitative estimate of drug-likeness (QED) is 0.763. The summed E-state index contributed by atoms with van der Waals surface area (Å²) in [4.78, 5) is 26.4. The van der Waals surface area contributed by atoms with Crippen LogP contribution in [0.1, 0.15) is 62.4 Å². The largest absolute Gasteiger partial charge is 0.506 e. The summed E-state index contributed by atoms with van der Waals surface area (Å²) in [5, 5.41) is 13.4. The lowest BCUT2D eigenvalue weighted by Crippen LogP contribution is -2.44. The van der Waals surface area contributed by atoms with E-state index in [1.54, 1.807) is 10.6 Å². The molecule has 2 N–H and O–H groups in total. The molecule has 6 unspecified atom stereocenters. The van der Waals surface area contributed by atoms with Crippen molar-refractivity contribution < 1.29 is 9.90 Å². The maximum absolute atomic E-state index is 13.2. The van der Waals surface area contributed by atoms with Crippen LogP contribution < -0.4 is 11.0 Å². The van der Waals surface area contributed by atoms with E-state index in [1.807, 2.05) is 37.1 Å². The average Bonchev–Trinajstić information content (AvgIpc) is 3.38. The number of nitrogens with one attached hydrogen (secondary N) is 1. The van der Waals surface area contributed by atoms with Gasteiger partial charge in [0.25, 0.3) is 11.5 Å². The van der Waals surface area contributed by atoms with E-state index in [0.717, 1.165) is 49.1 Å². The summed E-state index contributed by atoms with van der Waals surface area (Å²) in [7, 11) is 0. The smallest absolute Gasteiger partial charge is 0.275 e. The third-order valence-corrected chi connectivity index (χ3v) is 8.99. The molecule has 4 aliphatic carbocycles. The number of benzene rings is 1. The van der Waals surface area contributed by atoms with Crippen LogP contribution in [0, 0.1) is 35.5 Å². The van der Waals surface area contributed by atoms with Crippen LogP contribution in [0.25, 0.3) is 10.9 Å². The number of pyridine rings is 1. The fraction of sp³-hybridized carbons (Fsp3) is 0.615. The van der Waals surface area contributed by atoms with Gasteiger partial charge in [-0.05, 0) is 93.6 Å². The van der Waals surface area contributed by atoms with Crippen molar-refractivity contribution in [1.29, 1.82) is 0 Å². The molecular weight excluding hydrogens is 402 g/mol. The first-order valence-corrected chi connectivity index (χ1v) is 12.3. The highest BCUT2D eigenvalue weighted by Gasteiger charge is 2.56. The molecule has 5 fully saturated rings. The van der Waals surface area contributed by atoms with Crippen LogP contribution in [-0.2, 0) is 0 Å². The zero-order valence-electron chi connectivity index (χ0n) is 19.0. The first-order chi connectivity index (χ1) is 15.4. The van der Waals surface area contributed by atoms with Crippen molar-refractivity contribution in [3.8, 4) is 5.75 Å². The van der Waals surface area contributed by atoms with Gasteiger partial charge < -0.3 is 9.67 Å². The van der Waals surface area contributed by atoms with Gasteiger partial charge in [-0.25, -0.2) is 5.01 Å². The second-order valence-electron chi connectivity index (χ2n) is 11.0. The fourth-order valence-corrected chi connectivity index (χ4v) is 7.99. The lowest BCUT2D eigenvalue weighted by molar-refractivity contribution is 0.0791. The van der Waals surface area contributed by atoms with Crippen LogP contribution >= 0.6 is 0 Å². The van der Waals surface area contributed by atoms with Gasteiger partial charge in [0.15, 0.2) is 0 Å². The Balaban J connectivity index is 1.24. The Morgan fingerprint density at radius 2 is 1.88 bits per heavy atom. The number of hydrogen-bond acceptors (Lipinski definition) is 4. The van der Waals surface area contributed by atoms with Crippen LogP contribution in [0.5, 0.6) is 5.75 Å². The van der Waals surface area contributed by atoms with Gasteiger partial charge in [-0.3, -0.25) is 15.0 Å². The summed E-state index contributed by atoms with van der Waals surface area (Å²) in [6.45, 7) is 5.50. The van der Waals surface area contributed by atoms with Crippen LogP contribution in [0.15, 0.2) is 29.1 Å². The van der Waals surface area contributed by atoms with Gasteiger partial charge in [-0.1, -0.05) is 12.1 Å². The minimum atomic E-state index is -0.498. The molecule has 32 heavy (non-hydrogen) atoms. The highest BCUT2D eigenvalue weighted by atomic mass is 16.3. The van der Waals surface area contributed by atoms with Gasteiger partial charge >= 0.3 is 0 Å². The maximum atomic E-state index is 13.2. The van der Waals surface area contributed by atoms with E-state index < -0.39 is 11.5 Å². The van der Waals surface area contributed by atoms with Gasteiger partial charge in [-0.15, -0.1) is 0 Å². The summed E-state index contributed by atoms with van der Waals surface area (Å²) >= 11 is 0. The summed E-state index contributed by atoms with van der Waals surface area (Å²) < 4.78 is 1.60. The van der Waals surface area contributed by atoms with Crippen molar-refractivity contribution in [3.05, 3.63) is 40.2 Å². The SMILES string of the molecule is CC(C)n1c(=O)c(C(=O)NN2CCC(C3C4CC5CC(C4)C3C5)C2)c(O)c2ccccc21. The summed E-state index contributed by atoms with van der Waals surface area (Å²) in [5.41, 5.74) is 3.03. The number of carbonyl (C=O) groups is 1. The number of amides is 1. The third-order valence-electron chi connectivity index (χ3n) is 8.99. The van der Waals surface area contributed by atoms with Gasteiger partial charge in [-0.2, -0.15) is 0 Å². The molecule has 4 saturated carbocycles. The average molecular weight is 436 g/mol. The van der Waals surface area contributed by atoms with E-state index in [4.69, 9.17) is 0 Å². The van der Waals surface area contributed by atoms with Crippen molar-refractivity contribution >= 4 is 16.8 Å². The molecular formula is C26H33N3O3. The molecule has 7 rings (SSSR count). The van der Waals surface area contributed by atoms with E-state index in [-0.39, 0.29) is 17.4 Å². The van der Waals surface area contributed by atoms with Crippen LogP contribution in [0.4, 0.5) is 0 Å². The lowest BCUT2D eigenvalue weighted by Gasteiger charge is -2.36. The summed E-state index contributed by atoms with van der Waals surface area (Å²) in [6, 6.07) is 7.10. The molecule has 0 radical (unpaired) electrons. The Kier molecular flexibility index (Phi) is 4.65. The Labute approximate surface area is 188 Å². The van der Waals surface area contributed by atoms with Crippen LogP contribution in [-0.4, -0.2) is 33.7 Å². The number of fused-ring (bicyclic) bond motifs is 1. The van der Waals surface area contributed by atoms with Crippen LogP contribution in [0.3, 0.4) is 0 Å². The zero-order chi connectivity index (χ0) is 22.1. The Morgan fingerprint density at radius 3 is 2.66 bits per heavy atom. The molecule has 2 heterocycles. The molecule has 1 aromatic heterocycles. The Hall–Kier alpha value is -2.34. The normalized spacial score (nSPS) is 33.6. The standard InChI is InChI=1S/C26H33N3O3/c1-14(2)29-21-6-4-3-5-19(21)24(30)23(26(29)32)25(31)27-28-8-7-16(13-28)22-18-10-15-9-17(12-18)20(22)11-15/h3-6,14-18,20,22,30H,7-13H2,1-2H3,(H,27,31). The number of para-hydroxylation sites is 1. The van der Waals surface area contributed by atoms with Crippen molar-refractivity contribution in [3.63, 3.8) is 0 Å². The molecule has 1 aromatic carbocycles. The van der Waals surface area contributed by atoms with E-state index in [1.165, 1.54) is 25.7 Å². The number of nitrogens with zero attached hydrogens (tertiary/aromatic N) is 2. The first kappa shape index (κ1) is 20.3. The monoisotopic (exact) mass is 435 g/mol. The highest BCUT2D eigenvalue weighted by molar-refractivity contribution is 6.02. The molecule has 5 aliphatic rings. The number of aromatic hydroxyl groups is 1. The Bertz CT molecular complexity index is 1140. The highest BCUT2D eigenvalue weighted by Crippen LogP contribution is 2.63. The minimum absolute atomic E-state index is 0.122. The summed E-state index contributed by atoms with van der Waals surface area (Å²) in [5.74, 6) is 4.46. The molecule has 0 spiro atoms. The molecule has 170 valence electrons. The first-order valence-electron chi connectivity index (χ1n) is 12.3. The molecule has 6 nitrogen and oxygen atoms in total. The number of hydrogen-bond donors (Lipinski definition) is 2. The molecule has 1 amide bonds. The molecule has 1 aliphatic heterocycles. The van der Waals surface area contributed by atoms with E-state index >= 15 is 0 Å².